The van der Waals surface area contributed by atoms with Gasteiger partial charge in [0.2, 0.25) is 6.33 Å². The molecule has 0 radical (unpaired) electrons. The van der Waals surface area contributed by atoms with Gasteiger partial charge in [-0.2, -0.15) is 10.1 Å². The molecule has 2 N–H and O–H groups in total. The molecular weight excluding hydrogens is 464 g/mol. The van der Waals surface area contributed by atoms with E-state index in [4.69, 9.17) is 9.47 Å². The summed E-state index contributed by atoms with van der Waals surface area (Å²) in [6, 6.07) is 9.84. The van der Waals surface area contributed by atoms with Crippen molar-refractivity contribution in [2.75, 3.05) is 24.3 Å². The molecular formula is C23H27ClN4O6. The molecule has 11 heteroatoms. The highest BCUT2D eigenvalue weighted by Crippen LogP contribution is 2.25. The predicted octanol–water partition coefficient (Wildman–Crippen LogP) is -0.742. The largest absolute Gasteiger partial charge is 1.00 e. The zero-order valence-corrected chi connectivity index (χ0v) is 20.1. The SMILES string of the molecule is COc1cc(N(O)C(=O)Cn2cc[n+](CC(=O)N(O)c3ccc(C)c(OC)c3)c2)ccc1C.[Cl-]. The molecule has 0 aliphatic carbocycles. The van der Waals surface area contributed by atoms with Gasteiger partial charge in [-0.3, -0.25) is 20.0 Å². The maximum Gasteiger partial charge on any atom is 0.292 e. The average Bonchev–Trinajstić information content (AvgIpc) is 3.25. The minimum absolute atomic E-state index is 0. The zero-order chi connectivity index (χ0) is 24.1. The average molecular weight is 491 g/mol. The van der Waals surface area contributed by atoms with Crippen LogP contribution in [0.5, 0.6) is 11.5 Å². The molecule has 0 unspecified atom stereocenters. The summed E-state index contributed by atoms with van der Waals surface area (Å²) in [6.45, 7) is 3.39. The lowest BCUT2D eigenvalue weighted by Gasteiger charge is -2.16. The molecule has 0 saturated heterocycles. The third kappa shape index (κ3) is 6.04. The first-order chi connectivity index (χ1) is 15.7. The summed E-state index contributed by atoms with van der Waals surface area (Å²) in [5.41, 5.74) is 2.31. The molecule has 34 heavy (non-hydrogen) atoms. The van der Waals surface area contributed by atoms with Gasteiger partial charge in [0, 0.05) is 12.1 Å². The summed E-state index contributed by atoms with van der Waals surface area (Å²) in [6.07, 6.45) is 4.71. The summed E-state index contributed by atoms with van der Waals surface area (Å²) < 4.78 is 13.5. The molecule has 2 aromatic carbocycles. The number of aromatic nitrogens is 2. The van der Waals surface area contributed by atoms with Crippen molar-refractivity contribution in [2.45, 2.75) is 26.9 Å². The number of hydroxylamine groups is 2. The van der Waals surface area contributed by atoms with E-state index in [1.807, 2.05) is 13.8 Å². The molecule has 0 fully saturated rings. The van der Waals surface area contributed by atoms with Gasteiger partial charge in [-0.25, -0.2) is 9.13 Å². The summed E-state index contributed by atoms with van der Waals surface area (Å²) in [5, 5.41) is 21.7. The number of rotatable bonds is 8. The van der Waals surface area contributed by atoms with Crippen molar-refractivity contribution in [3.8, 4) is 11.5 Å². The van der Waals surface area contributed by atoms with Crippen molar-refractivity contribution in [3.63, 3.8) is 0 Å². The first-order valence-electron chi connectivity index (χ1n) is 10.1. The number of carbonyl (C=O) groups excluding carboxylic acids is 2. The molecule has 2 amide bonds. The minimum Gasteiger partial charge on any atom is -1.00 e. The number of hydrogen-bond donors (Lipinski definition) is 2. The Balaban J connectivity index is 0.00000408. The fourth-order valence-corrected chi connectivity index (χ4v) is 3.24. The van der Waals surface area contributed by atoms with Crippen LogP contribution in [-0.4, -0.2) is 41.0 Å². The van der Waals surface area contributed by atoms with Crippen molar-refractivity contribution in [3.05, 3.63) is 66.2 Å². The highest BCUT2D eigenvalue weighted by Gasteiger charge is 2.21. The van der Waals surface area contributed by atoms with Crippen LogP contribution < -0.4 is 36.6 Å². The Hall–Kier alpha value is -3.60. The van der Waals surface area contributed by atoms with E-state index in [2.05, 4.69) is 0 Å². The topological polar surface area (TPSA) is 108 Å². The highest BCUT2D eigenvalue weighted by atomic mass is 35.5. The Morgan fingerprint density at radius 2 is 1.41 bits per heavy atom. The fraction of sp³-hybridized carbons (Fsp3) is 0.261. The van der Waals surface area contributed by atoms with Crippen molar-refractivity contribution < 1.29 is 46.5 Å². The third-order valence-electron chi connectivity index (χ3n) is 5.13. The Bertz CT molecular complexity index is 1080. The first-order valence-corrected chi connectivity index (χ1v) is 10.1. The third-order valence-corrected chi connectivity index (χ3v) is 5.13. The van der Waals surface area contributed by atoms with Crippen LogP contribution >= 0.6 is 0 Å². The Morgan fingerprint density at radius 3 is 1.91 bits per heavy atom. The predicted molar refractivity (Wildman–Crippen MR) is 119 cm³/mol. The van der Waals surface area contributed by atoms with Gasteiger partial charge in [-0.15, -0.1) is 0 Å². The van der Waals surface area contributed by atoms with E-state index >= 15 is 0 Å². The summed E-state index contributed by atoms with van der Waals surface area (Å²) in [4.78, 5) is 25.0. The molecule has 182 valence electrons. The smallest absolute Gasteiger partial charge is 0.292 e. The lowest BCUT2D eigenvalue weighted by atomic mass is 10.2. The number of halogens is 1. The molecule has 0 atom stereocenters. The zero-order valence-electron chi connectivity index (χ0n) is 19.3. The van der Waals surface area contributed by atoms with Gasteiger partial charge in [0.05, 0.1) is 25.6 Å². The van der Waals surface area contributed by atoms with Crippen molar-refractivity contribution in [2.24, 2.45) is 0 Å². The van der Waals surface area contributed by atoms with E-state index in [0.29, 0.717) is 21.6 Å². The number of hydrogen-bond acceptors (Lipinski definition) is 6. The second-order valence-corrected chi connectivity index (χ2v) is 7.48. The normalized spacial score (nSPS) is 10.3. The van der Waals surface area contributed by atoms with Gasteiger partial charge in [-0.05, 0) is 37.1 Å². The molecule has 1 heterocycles. The maximum atomic E-state index is 12.5. The van der Waals surface area contributed by atoms with E-state index in [1.165, 1.54) is 29.7 Å². The van der Waals surface area contributed by atoms with Crippen molar-refractivity contribution in [1.29, 1.82) is 0 Å². The number of nitrogens with zero attached hydrogens (tertiary/aromatic N) is 4. The molecule has 0 bridgehead atoms. The second kappa shape index (κ2) is 11.5. The minimum atomic E-state index is -0.578. The number of imidazole rings is 1. The van der Waals surface area contributed by atoms with Crippen LogP contribution in [0.2, 0.25) is 0 Å². The number of benzene rings is 2. The Kier molecular flexibility index (Phi) is 9.02. The number of aryl methyl sites for hydroxylation is 2. The summed E-state index contributed by atoms with van der Waals surface area (Å²) in [5.74, 6) is -0.0520. The van der Waals surface area contributed by atoms with Crippen LogP contribution in [0.25, 0.3) is 0 Å². The fourth-order valence-electron chi connectivity index (χ4n) is 3.24. The first kappa shape index (κ1) is 26.7. The molecule has 0 saturated carbocycles. The monoisotopic (exact) mass is 490 g/mol. The standard InChI is InChI=1S/C23H27N4O6.ClH/c1-16-5-7-18(11-20(16)32-3)26(30)22(28)13-24-9-10-25(15-24)14-23(29)27(31)19-8-6-17(2)21(12-19)33-4;/h5-12,15,30-31H,13-14H2,1-4H3;1H/q+1;/p-1. The lowest BCUT2D eigenvalue weighted by Crippen LogP contribution is -3.00. The quantitative estimate of drug-likeness (QED) is 0.244. The van der Waals surface area contributed by atoms with E-state index in [0.717, 1.165) is 11.1 Å². The van der Waals surface area contributed by atoms with Crippen LogP contribution in [0.15, 0.2) is 55.1 Å². The Labute approximate surface area is 203 Å². The number of methoxy groups -OCH3 is 2. The van der Waals surface area contributed by atoms with Crippen LogP contribution in [0.3, 0.4) is 0 Å². The molecule has 0 aliphatic rings. The van der Waals surface area contributed by atoms with E-state index in [-0.39, 0.29) is 36.9 Å². The van der Waals surface area contributed by atoms with Crippen molar-refractivity contribution >= 4 is 23.2 Å². The van der Waals surface area contributed by atoms with Gasteiger partial charge < -0.3 is 21.9 Å². The van der Waals surface area contributed by atoms with E-state index in [9.17, 15) is 20.0 Å². The van der Waals surface area contributed by atoms with Gasteiger partial charge >= 0.3 is 0 Å². The van der Waals surface area contributed by atoms with E-state index in [1.54, 1.807) is 48.8 Å². The highest BCUT2D eigenvalue weighted by molar-refractivity contribution is 5.91. The van der Waals surface area contributed by atoms with E-state index < -0.39 is 11.8 Å². The van der Waals surface area contributed by atoms with Crippen LogP contribution in [0.1, 0.15) is 11.1 Å². The molecule has 0 spiro atoms. The van der Waals surface area contributed by atoms with Gasteiger partial charge in [0.1, 0.15) is 23.9 Å². The number of amides is 2. The maximum absolute atomic E-state index is 12.5. The summed E-state index contributed by atoms with van der Waals surface area (Å²) in [7, 11) is 3.02. The molecule has 1 aromatic heterocycles. The molecule has 10 nitrogen and oxygen atoms in total. The summed E-state index contributed by atoms with van der Waals surface area (Å²) >= 11 is 0. The second-order valence-electron chi connectivity index (χ2n) is 7.48. The lowest BCUT2D eigenvalue weighted by molar-refractivity contribution is -0.683. The Morgan fingerprint density at radius 1 is 0.912 bits per heavy atom. The van der Waals surface area contributed by atoms with Gasteiger partial charge in [0.15, 0.2) is 13.1 Å². The number of anilines is 2. The van der Waals surface area contributed by atoms with Crippen LogP contribution in [0.4, 0.5) is 11.4 Å². The molecule has 3 rings (SSSR count). The molecule has 3 aromatic rings. The van der Waals surface area contributed by atoms with Crippen LogP contribution in [-0.2, 0) is 22.7 Å². The molecule has 0 aliphatic heterocycles. The van der Waals surface area contributed by atoms with Gasteiger partial charge in [-0.1, -0.05) is 12.1 Å². The van der Waals surface area contributed by atoms with Crippen LogP contribution in [0, 0.1) is 13.8 Å². The van der Waals surface area contributed by atoms with Gasteiger partial charge in [0.25, 0.3) is 11.8 Å². The number of ether oxygens (including phenoxy) is 2. The van der Waals surface area contributed by atoms with Crippen molar-refractivity contribution in [1.82, 2.24) is 4.57 Å². The number of carbonyl (C=O) groups is 2.